The SMILES string of the molecule is C=CC(=O)OCCCCCCOc1ccc(C(=O)OCCc2ccc(OC(=O)c3ccc(OCCCCCCOC(=O)C=C)cc3)c(C=O)c2)cc1. The number of rotatable bonds is 25. The van der Waals surface area contributed by atoms with Crippen molar-refractivity contribution < 1.29 is 52.4 Å². The van der Waals surface area contributed by atoms with E-state index >= 15 is 0 Å². The Kier molecular flexibility index (Phi) is 18.5. The summed E-state index contributed by atoms with van der Waals surface area (Å²) in [7, 11) is 0. The normalized spacial score (nSPS) is 10.4. The molecule has 0 radical (unpaired) electrons. The van der Waals surface area contributed by atoms with Crippen LogP contribution in [0.4, 0.5) is 0 Å². The summed E-state index contributed by atoms with van der Waals surface area (Å²) < 4.78 is 32.3. The molecule has 0 aromatic heterocycles. The van der Waals surface area contributed by atoms with Gasteiger partial charge in [0.05, 0.1) is 49.7 Å². The third-order valence-corrected chi connectivity index (χ3v) is 7.64. The van der Waals surface area contributed by atoms with Crippen molar-refractivity contribution in [3.05, 3.63) is 114 Å². The quantitative estimate of drug-likeness (QED) is 0.0216. The fourth-order valence-corrected chi connectivity index (χ4v) is 4.78. The Bertz CT molecular complexity index is 1610. The number of unbranched alkanes of at least 4 members (excludes halogenated alkanes) is 6. The maximum absolute atomic E-state index is 12.8. The molecule has 11 nitrogen and oxygen atoms in total. The van der Waals surface area contributed by atoms with Crippen LogP contribution in [0.15, 0.2) is 92.0 Å². The predicted molar refractivity (Wildman–Crippen MR) is 194 cm³/mol. The molecule has 0 spiro atoms. The molecule has 0 amide bonds. The highest BCUT2D eigenvalue weighted by Gasteiger charge is 2.14. The van der Waals surface area contributed by atoms with Gasteiger partial charge in [-0.05, 0) is 118 Å². The molecule has 276 valence electrons. The fraction of sp³-hybridized carbons (Fsp3) is 0.341. The monoisotopic (exact) mass is 714 g/mol. The first-order chi connectivity index (χ1) is 25.3. The van der Waals surface area contributed by atoms with Crippen molar-refractivity contribution in [3.8, 4) is 17.2 Å². The fourth-order valence-electron chi connectivity index (χ4n) is 4.78. The van der Waals surface area contributed by atoms with E-state index in [2.05, 4.69) is 13.2 Å². The average Bonchev–Trinajstić information content (AvgIpc) is 3.17. The largest absolute Gasteiger partial charge is 0.494 e. The van der Waals surface area contributed by atoms with Gasteiger partial charge in [0.2, 0.25) is 0 Å². The zero-order valence-corrected chi connectivity index (χ0v) is 29.4. The Labute approximate surface area is 304 Å². The molecule has 0 aliphatic carbocycles. The Morgan fingerprint density at radius 3 is 1.50 bits per heavy atom. The first-order valence-electron chi connectivity index (χ1n) is 17.3. The summed E-state index contributed by atoms with van der Waals surface area (Å²) in [6, 6.07) is 18.1. The standard InChI is InChI=1S/C41H46O11/c1-3-38(43)49-26-11-7-5-9-24-47-35-18-14-32(15-19-35)40(45)51-28-23-31-13-22-37(34(29-31)30-42)52-41(46)33-16-20-36(21-17-33)48-25-10-6-8-12-27-50-39(44)4-2/h3-4,13-22,29-30H,1-2,5-12,23-28H2. The predicted octanol–water partition coefficient (Wildman–Crippen LogP) is 7.45. The number of benzene rings is 3. The van der Waals surface area contributed by atoms with Crippen LogP contribution >= 0.6 is 0 Å². The molecule has 0 aliphatic rings. The molecule has 0 bridgehead atoms. The maximum atomic E-state index is 12.8. The van der Waals surface area contributed by atoms with Crippen molar-refractivity contribution >= 4 is 30.2 Å². The van der Waals surface area contributed by atoms with Gasteiger partial charge >= 0.3 is 23.9 Å². The topological polar surface area (TPSA) is 141 Å². The van der Waals surface area contributed by atoms with E-state index in [-0.39, 0.29) is 17.9 Å². The molecular formula is C41H46O11. The lowest BCUT2D eigenvalue weighted by Crippen LogP contribution is -2.11. The Morgan fingerprint density at radius 1 is 0.538 bits per heavy atom. The van der Waals surface area contributed by atoms with Crippen LogP contribution < -0.4 is 14.2 Å². The second-order valence-corrected chi connectivity index (χ2v) is 11.6. The van der Waals surface area contributed by atoms with Crippen LogP contribution in [0.3, 0.4) is 0 Å². The maximum Gasteiger partial charge on any atom is 0.343 e. The molecule has 3 rings (SSSR count). The third-order valence-electron chi connectivity index (χ3n) is 7.64. The van der Waals surface area contributed by atoms with Crippen LogP contribution in [-0.4, -0.2) is 63.2 Å². The molecule has 3 aromatic rings. The smallest absolute Gasteiger partial charge is 0.343 e. The lowest BCUT2D eigenvalue weighted by atomic mass is 10.1. The summed E-state index contributed by atoms with van der Waals surface area (Å²) in [5, 5.41) is 0. The van der Waals surface area contributed by atoms with E-state index in [0.717, 1.165) is 69.1 Å². The summed E-state index contributed by atoms with van der Waals surface area (Å²) in [5.74, 6) is -0.553. The minimum atomic E-state index is -0.620. The third kappa shape index (κ3) is 15.5. The van der Waals surface area contributed by atoms with Gasteiger partial charge in [-0.3, -0.25) is 4.79 Å². The van der Waals surface area contributed by atoms with Crippen LogP contribution in [0, 0.1) is 0 Å². The first kappa shape index (κ1) is 40.7. The van der Waals surface area contributed by atoms with Crippen molar-refractivity contribution in [1.82, 2.24) is 0 Å². The summed E-state index contributed by atoms with van der Waals surface area (Å²) in [4.78, 5) is 59.1. The number of ether oxygens (including phenoxy) is 6. The van der Waals surface area contributed by atoms with Gasteiger partial charge in [0.25, 0.3) is 0 Å². The second-order valence-electron chi connectivity index (χ2n) is 11.6. The molecule has 0 saturated heterocycles. The van der Waals surface area contributed by atoms with Crippen LogP contribution in [0.1, 0.15) is 88.0 Å². The summed E-state index contributed by atoms with van der Waals surface area (Å²) in [6.07, 6.45) is 10.2. The number of carbonyl (C=O) groups excluding carboxylic acids is 5. The van der Waals surface area contributed by atoms with Gasteiger partial charge in [-0.25, -0.2) is 19.2 Å². The summed E-state index contributed by atoms with van der Waals surface area (Å²) in [5.41, 5.74) is 1.61. The van der Waals surface area contributed by atoms with Gasteiger partial charge in [-0.15, -0.1) is 0 Å². The number of aldehydes is 1. The van der Waals surface area contributed by atoms with Crippen LogP contribution in [0.5, 0.6) is 17.2 Å². The minimum absolute atomic E-state index is 0.0863. The van der Waals surface area contributed by atoms with Crippen LogP contribution in [0.25, 0.3) is 0 Å². The Hall–Kier alpha value is -5.71. The lowest BCUT2D eigenvalue weighted by Gasteiger charge is -2.10. The molecule has 0 aliphatic heterocycles. The van der Waals surface area contributed by atoms with Crippen LogP contribution in [0.2, 0.25) is 0 Å². The highest BCUT2D eigenvalue weighted by atomic mass is 16.5. The number of carbonyl (C=O) groups is 5. The number of hydrogen-bond donors (Lipinski definition) is 0. The lowest BCUT2D eigenvalue weighted by molar-refractivity contribution is -0.138. The molecule has 0 fully saturated rings. The van der Waals surface area contributed by atoms with E-state index in [1.54, 1.807) is 66.7 Å². The number of esters is 4. The highest BCUT2D eigenvalue weighted by molar-refractivity contribution is 5.93. The molecule has 0 unspecified atom stereocenters. The van der Waals surface area contributed by atoms with Crippen molar-refractivity contribution in [3.63, 3.8) is 0 Å². The van der Waals surface area contributed by atoms with Crippen molar-refractivity contribution in [1.29, 1.82) is 0 Å². The molecule has 0 saturated carbocycles. The van der Waals surface area contributed by atoms with Gasteiger partial charge < -0.3 is 28.4 Å². The molecule has 52 heavy (non-hydrogen) atoms. The first-order valence-corrected chi connectivity index (χ1v) is 17.3. The van der Waals surface area contributed by atoms with Gasteiger partial charge in [0.1, 0.15) is 17.2 Å². The zero-order chi connectivity index (χ0) is 37.4. The second kappa shape index (κ2) is 23.7. The van der Waals surface area contributed by atoms with E-state index in [1.807, 2.05) is 0 Å². The van der Waals surface area contributed by atoms with E-state index in [1.165, 1.54) is 0 Å². The van der Waals surface area contributed by atoms with Crippen molar-refractivity contribution in [2.24, 2.45) is 0 Å². The van der Waals surface area contributed by atoms with Crippen molar-refractivity contribution in [2.45, 2.75) is 57.8 Å². The van der Waals surface area contributed by atoms with E-state index < -0.39 is 23.9 Å². The van der Waals surface area contributed by atoms with Crippen LogP contribution in [-0.2, 0) is 30.2 Å². The van der Waals surface area contributed by atoms with Gasteiger partial charge in [-0.1, -0.05) is 19.2 Å². The van der Waals surface area contributed by atoms with Crippen molar-refractivity contribution in [2.75, 3.05) is 33.0 Å². The molecule has 3 aromatic carbocycles. The molecule has 11 heteroatoms. The summed E-state index contributed by atoms with van der Waals surface area (Å²) in [6.45, 7) is 8.59. The van der Waals surface area contributed by atoms with E-state index in [9.17, 15) is 24.0 Å². The summed E-state index contributed by atoms with van der Waals surface area (Å²) >= 11 is 0. The van der Waals surface area contributed by atoms with Gasteiger partial charge in [0, 0.05) is 18.6 Å². The van der Waals surface area contributed by atoms with E-state index in [4.69, 9.17) is 28.4 Å². The zero-order valence-electron chi connectivity index (χ0n) is 29.4. The van der Waals surface area contributed by atoms with Gasteiger partial charge in [0.15, 0.2) is 6.29 Å². The Morgan fingerprint density at radius 2 is 1.02 bits per heavy atom. The van der Waals surface area contributed by atoms with Gasteiger partial charge in [-0.2, -0.15) is 0 Å². The minimum Gasteiger partial charge on any atom is -0.494 e. The Balaban J connectivity index is 1.34. The highest BCUT2D eigenvalue weighted by Crippen LogP contribution is 2.22. The molecular weight excluding hydrogens is 668 g/mol. The molecule has 0 heterocycles. The number of hydrogen-bond acceptors (Lipinski definition) is 11. The van der Waals surface area contributed by atoms with E-state index in [0.29, 0.717) is 61.8 Å². The molecule has 0 atom stereocenters. The molecule has 0 N–H and O–H groups in total. The average molecular weight is 715 g/mol.